The van der Waals surface area contributed by atoms with Crippen molar-refractivity contribution in [2.24, 2.45) is 11.3 Å². The molecule has 0 saturated carbocycles. The zero-order valence-electron chi connectivity index (χ0n) is 8.35. The van der Waals surface area contributed by atoms with E-state index in [9.17, 15) is 0 Å². The third kappa shape index (κ3) is 3.62. The van der Waals surface area contributed by atoms with Crippen LogP contribution in [-0.4, -0.2) is 0 Å². The molecule has 1 unspecified atom stereocenters. The largest absolute Gasteiger partial charge is 0.0990 e. The molecule has 1 atom stereocenters. The second-order valence-corrected chi connectivity index (χ2v) is 4.50. The van der Waals surface area contributed by atoms with Crippen molar-refractivity contribution in [2.45, 2.75) is 40.0 Å². The zero-order valence-corrected chi connectivity index (χ0v) is 8.35. The van der Waals surface area contributed by atoms with Crippen molar-refractivity contribution in [1.29, 1.82) is 0 Å². The van der Waals surface area contributed by atoms with E-state index >= 15 is 0 Å². The Labute approximate surface area is 76.1 Å². The fourth-order valence-electron chi connectivity index (χ4n) is 1.24. The molecule has 0 fully saturated rings. The molecule has 0 nitrogen and oxygen atoms in total. The lowest BCUT2D eigenvalue weighted by molar-refractivity contribution is 0.559. The van der Waals surface area contributed by atoms with E-state index in [1.807, 2.05) is 0 Å². The Kier molecular flexibility index (Phi) is 2.98. The van der Waals surface area contributed by atoms with Gasteiger partial charge in [-0.05, 0) is 40.0 Å². The molecule has 0 aliphatic heterocycles. The van der Waals surface area contributed by atoms with Crippen LogP contribution >= 0.6 is 0 Å². The maximum Gasteiger partial charge on any atom is 0.0240 e. The van der Waals surface area contributed by atoms with E-state index in [0.717, 1.165) is 6.42 Å². The lowest BCUT2D eigenvalue weighted by Crippen LogP contribution is -2.03. The van der Waals surface area contributed by atoms with Crippen LogP contribution in [0.25, 0.3) is 0 Å². The molecule has 1 aliphatic carbocycles. The first-order chi connectivity index (χ1) is 5.58. The molecule has 0 amide bonds. The molecule has 66 valence electrons. The molecule has 0 radical (unpaired) electrons. The Morgan fingerprint density at radius 1 is 1.25 bits per heavy atom. The maximum atomic E-state index is 3.36. The van der Waals surface area contributed by atoms with Crippen molar-refractivity contribution in [2.75, 3.05) is 0 Å². The fourth-order valence-corrected chi connectivity index (χ4v) is 1.24. The molecule has 1 rings (SSSR count). The fraction of sp³-hybridized carbons (Fsp3) is 0.667. The van der Waals surface area contributed by atoms with Crippen LogP contribution in [0.15, 0.2) is 12.2 Å². The minimum absolute atomic E-state index is 0.168. The summed E-state index contributed by atoms with van der Waals surface area (Å²) in [6.45, 7) is 6.50. The summed E-state index contributed by atoms with van der Waals surface area (Å²) in [5, 5.41) is 0. The smallest absolute Gasteiger partial charge is 0.0240 e. The topological polar surface area (TPSA) is 0 Å². The van der Waals surface area contributed by atoms with E-state index in [2.05, 4.69) is 44.8 Å². The van der Waals surface area contributed by atoms with E-state index in [1.54, 1.807) is 0 Å². The van der Waals surface area contributed by atoms with Crippen LogP contribution in [0.1, 0.15) is 40.0 Å². The molecule has 0 heterocycles. The minimum atomic E-state index is 0.168. The van der Waals surface area contributed by atoms with Gasteiger partial charge >= 0.3 is 0 Å². The van der Waals surface area contributed by atoms with Gasteiger partial charge in [-0.25, -0.2) is 0 Å². The van der Waals surface area contributed by atoms with Crippen LogP contribution in [0.4, 0.5) is 0 Å². The first-order valence-corrected chi connectivity index (χ1v) is 4.76. The standard InChI is InChI=1S/C12H18/c1-12(2,3)10-9-11-7-5-4-6-8-11/h4-5,11H,6-8H2,1-3H3. The average molecular weight is 162 g/mol. The van der Waals surface area contributed by atoms with Gasteiger partial charge in [-0.2, -0.15) is 0 Å². The Balaban J connectivity index is 2.48. The summed E-state index contributed by atoms with van der Waals surface area (Å²) in [6, 6.07) is 0. The van der Waals surface area contributed by atoms with Gasteiger partial charge in [0.1, 0.15) is 0 Å². The summed E-state index contributed by atoms with van der Waals surface area (Å²) in [6.07, 6.45) is 8.13. The van der Waals surface area contributed by atoms with Gasteiger partial charge in [-0.1, -0.05) is 24.0 Å². The Morgan fingerprint density at radius 3 is 2.50 bits per heavy atom. The van der Waals surface area contributed by atoms with Gasteiger partial charge in [-0.15, -0.1) is 0 Å². The summed E-state index contributed by atoms with van der Waals surface area (Å²) in [7, 11) is 0. The van der Waals surface area contributed by atoms with Crippen LogP contribution in [0, 0.1) is 23.2 Å². The van der Waals surface area contributed by atoms with E-state index < -0.39 is 0 Å². The van der Waals surface area contributed by atoms with Crippen LogP contribution in [0.2, 0.25) is 0 Å². The van der Waals surface area contributed by atoms with Gasteiger partial charge in [0, 0.05) is 11.3 Å². The summed E-state index contributed by atoms with van der Waals surface area (Å²) in [4.78, 5) is 0. The third-order valence-electron chi connectivity index (χ3n) is 1.92. The van der Waals surface area contributed by atoms with E-state index in [1.165, 1.54) is 12.8 Å². The highest BCUT2D eigenvalue weighted by molar-refractivity contribution is 5.12. The molecule has 0 aromatic heterocycles. The molecule has 1 aliphatic rings. The number of rotatable bonds is 0. The van der Waals surface area contributed by atoms with Crippen LogP contribution < -0.4 is 0 Å². The first kappa shape index (κ1) is 9.39. The molecular formula is C12H18. The highest BCUT2D eigenvalue weighted by atomic mass is 14.1. The van der Waals surface area contributed by atoms with Gasteiger partial charge in [0.2, 0.25) is 0 Å². The molecule has 0 spiro atoms. The Hall–Kier alpha value is -0.700. The summed E-state index contributed by atoms with van der Waals surface area (Å²) in [5.41, 5.74) is 0.168. The SMILES string of the molecule is CC(C)(C)C#CC1CC=CCC1. The predicted molar refractivity (Wildman–Crippen MR) is 53.7 cm³/mol. The normalized spacial score (nSPS) is 23.1. The summed E-state index contributed by atoms with van der Waals surface area (Å²) < 4.78 is 0. The second-order valence-electron chi connectivity index (χ2n) is 4.50. The quantitative estimate of drug-likeness (QED) is 0.378. The van der Waals surface area contributed by atoms with Crippen molar-refractivity contribution < 1.29 is 0 Å². The number of hydrogen-bond donors (Lipinski definition) is 0. The number of allylic oxidation sites excluding steroid dienone is 2. The monoisotopic (exact) mass is 162 g/mol. The molecule has 0 bridgehead atoms. The molecule has 0 saturated heterocycles. The number of hydrogen-bond acceptors (Lipinski definition) is 0. The Morgan fingerprint density at radius 2 is 2.00 bits per heavy atom. The van der Waals surface area contributed by atoms with Crippen molar-refractivity contribution in [3.05, 3.63) is 12.2 Å². The average Bonchev–Trinajstić information content (AvgIpc) is 2.02. The van der Waals surface area contributed by atoms with Gasteiger partial charge in [0.15, 0.2) is 0 Å². The Bertz CT molecular complexity index is 217. The summed E-state index contributed by atoms with van der Waals surface area (Å²) in [5.74, 6) is 7.29. The molecule has 0 aromatic carbocycles. The molecule has 0 N–H and O–H groups in total. The maximum absolute atomic E-state index is 3.36. The third-order valence-corrected chi connectivity index (χ3v) is 1.92. The molecular weight excluding hydrogens is 144 g/mol. The van der Waals surface area contributed by atoms with Crippen LogP contribution in [0.3, 0.4) is 0 Å². The van der Waals surface area contributed by atoms with Gasteiger partial charge in [0.05, 0.1) is 0 Å². The van der Waals surface area contributed by atoms with Crippen LogP contribution in [0.5, 0.6) is 0 Å². The van der Waals surface area contributed by atoms with Gasteiger partial charge in [0.25, 0.3) is 0 Å². The predicted octanol–water partition coefficient (Wildman–Crippen LogP) is 3.39. The van der Waals surface area contributed by atoms with Crippen LogP contribution in [-0.2, 0) is 0 Å². The van der Waals surface area contributed by atoms with E-state index in [0.29, 0.717) is 5.92 Å². The van der Waals surface area contributed by atoms with E-state index in [4.69, 9.17) is 0 Å². The molecule has 0 heteroatoms. The highest BCUT2D eigenvalue weighted by Gasteiger charge is 2.08. The molecule has 0 aromatic rings. The minimum Gasteiger partial charge on any atom is -0.0990 e. The summed E-state index contributed by atoms with van der Waals surface area (Å²) >= 11 is 0. The second kappa shape index (κ2) is 3.81. The molecule has 12 heavy (non-hydrogen) atoms. The lowest BCUT2D eigenvalue weighted by atomic mass is 9.91. The van der Waals surface area contributed by atoms with E-state index in [-0.39, 0.29) is 5.41 Å². The van der Waals surface area contributed by atoms with Crippen molar-refractivity contribution in [3.8, 4) is 11.8 Å². The van der Waals surface area contributed by atoms with Gasteiger partial charge in [-0.3, -0.25) is 0 Å². The van der Waals surface area contributed by atoms with Crippen molar-refractivity contribution in [1.82, 2.24) is 0 Å². The first-order valence-electron chi connectivity index (χ1n) is 4.76. The van der Waals surface area contributed by atoms with Gasteiger partial charge < -0.3 is 0 Å². The van der Waals surface area contributed by atoms with Crippen molar-refractivity contribution in [3.63, 3.8) is 0 Å². The zero-order chi connectivity index (χ0) is 9.03. The highest BCUT2D eigenvalue weighted by Crippen LogP contribution is 2.18. The lowest BCUT2D eigenvalue weighted by Gasteiger charge is -2.13. The van der Waals surface area contributed by atoms with Crippen molar-refractivity contribution >= 4 is 0 Å².